The zero-order valence-electron chi connectivity index (χ0n) is 17.9. The Morgan fingerprint density at radius 1 is 1.25 bits per heavy atom. The van der Waals surface area contributed by atoms with Crippen LogP contribution >= 0.6 is 0 Å². The summed E-state index contributed by atoms with van der Waals surface area (Å²) in [6.45, 7) is 17.5. The number of piperazine rings is 1. The number of amides is 2. The van der Waals surface area contributed by atoms with E-state index in [-0.39, 0.29) is 17.6 Å². The normalized spacial score (nSPS) is 22.6. The van der Waals surface area contributed by atoms with Crippen molar-refractivity contribution < 1.29 is 14.1 Å². The molecule has 1 aromatic heterocycles. The molecule has 158 valence electrons. The van der Waals surface area contributed by atoms with Crippen LogP contribution in [0.3, 0.4) is 0 Å². The van der Waals surface area contributed by atoms with Crippen LogP contribution in [0.5, 0.6) is 0 Å². The van der Waals surface area contributed by atoms with Gasteiger partial charge in [-0.15, -0.1) is 0 Å². The van der Waals surface area contributed by atoms with Crippen LogP contribution in [0, 0.1) is 0 Å². The minimum absolute atomic E-state index is 0.117. The number of anilines is 1. The summed E-state index contributed by atoms with van der Waals surface area (Å²) in [4.78, 5) is 19.2. The van der Waals surface area contributed by atoms with Crippen molar-refractivity contribution in [3.63, 3.8) is 0 Å². The second-order valence-electron chi connectivity index (χ2n) is 9.13. The van der Waals surface area contributed by atoms with Gasteiger partial charge in [0.1, 0.15) is 5.76 Å². The van der Waals surface area contributed by atoms with Crippen molar-refractivity contribution in [1.82, 2.24) is 19.9 Å². The second-order valence-corrected chi connectivity index (χ2v) is 9.13. The first-order valence-electron chi connectivity index (χ1n) is 10.3. The highest BCUT2D eigenvalue weighted by atomic mass is 16.5. The third-order valence-corrected chi connectivity index (χ3v) is 5.51. The maximum absolute atomic E-state index is 12.5. The number of ether oxygens (including phenoxy) is 1. The Labute approximate surface area is 168 Å². The first-order chi connectivity index (χ1) is 13.2. The average molecular weight is 394 g/mol. The third-order valence-electron chi connectivity index (χ3n) is 5.51. The summed E-state index contributed by atoms with van der Waals surface area (Å²) < 4.78 is 11.3. The van der Waals surface area contributed by atoms with E-state index in [1.165, 1.54) is 0 Å². The fourth-order valence-electron chi connectivity index (χ4n) is 3.62. The van der Waals surface area contributed by atoms with Gasteiger partial charge in [0.15, 0.2) is 5.82 Å². The van der Waals surface area contributed by atoms with Crippen LogP contribution in [0.15, 0.2) is 10.6 Å². The van der Waals surface area contributed by atoms with Crippen molar-refractivity contribution in [1.29, 1.82) is 0 Å². The highest BCUT2D eigenvalue weighted by molar-refractivity contribution is 5.88. The van der Waals surface area contributed by atoms with Crippen LogP contribution in [-0.2, 0) is 10.2 Å². The predicted octanol–water partition coefficient (Wildman–Crippen LogP) is 2.23. The molecule has 3 rings (SSSR count). The van der Waals surface area contributed by atoms with Crippen LogP contribution in [-0.4, -0.2) is 90.5 Å². The highest BCUT2D eigenvalue weighted by Crippen LogP contribution is 2.24. The Hall–Kier alpha value is -1.64. The molecule has 0 unspecified atom stereocenters. The van der Waals surface area contributed by atoms with E-state index >= 15 is 0 Å². The van der Waals surface area contributed by atoms with Gasteiger partial charge in [-0.3, -0.25) is 15.1 Å². The van der Waals surface area contributed by atoms with Gasteiger partial charge < -0.3 is 14.2 Å². The Kier molecular flexibility index (Phi) is 6.62. The van der Waals surface area contributed by atoms with Crippen LogP contribution in [0.2, 0.25) is 0 Å². The molecular weight excluding hydrogens is 358 g/mol. The summed E-state index contributed by atoms with van der Waals surface area (Å²) in [5, 5.41) is 6.82. The summed E-state index contributed by atoms with van der Waals surface area (Å²) in [7, 11) is 0. The molecule has 2 saturated heterocycles. The number of rotatable bonds is 4. The fraction of sp³-hybridized carbons (Fsp3) is 0.800. The van der Waals surface area contributed by atoms with Gasteiger partial charge in [-0.25, -0.2) is 4.79 Å². The number of aromatic nitrogens is 1. The van der Waals surface area contributed by atoms with Crippen molar-refractivity contribution in [2.45, 2.75) is 52.2 Å². The van der Waals surface area contributed by atoms with Crippen LogP contribution in [0.1, 0.15) is 40.4 Å². The smallest absolute Gasteiger partial charge is 0.323 e. The fourth-order valence-corrected chi connectivity index (χ4v) is 3.62. The maximum atomic E-state index is 12.5. The first-order valence-corrected chi connectivity index (χ1v) is 10.3. The SMILES string of the molecule is CC(C)N1CCO[C@@H](CN2CCN(C(=O)Nc3cc(C(C)(C)C)on3)CC2)C1. The van der Waals surface area contributed by atoms with Crippen LogP contribution < -0.4 is 5.32 Å². The van der Waals surface area contributed by atoms with E-state index in [2.05, 4.69) is 54.9 Å². The lowest BCUT2D eigenvalue weighted by Gasteiger charge is -2.40. The van der Waals surface area contributed by atoms with Gasteiger partial charge in [0.2, 0.25) is 0 Å². The molecule has 0 radical (unpaired) electrons. The van der Waals surface area contributed by atoms with Gasteiger partial charge in [0.05, 0.1) is 12.7 Å². The van der Waals surface area contributed by atoms with Gasteiger partial charge >= 0.3 is 6.03 Å². The molecule has 0 aliphatic carbocycles. The largest absolute Gasteiger partial charge is 0.374 e. The standard InChI is InChI=1S/C20H35N5O3/c1-15(2)25-10-11-27-16(14-25)13-23-6-8-24(9-7-23)19(26)21-18-12-17(28-22-18)20(3,4)5/h12,15-16H,6-11,13-14H2,1-5H3,(H,21,22,26)/t16-/m0/s1. The Balaban J connectivity index is 1.43. The molecule has 0 spiro atoms. The molecule has 0 bridgehead atoms. The van der Waals surface area contributed by atoms with Crippen molar-refractivity contribution in [3.05, 3.63) is 11.8 Å². The number of carbonyl (C=O) groups excluding carboxylic acids is 1. The lowest BCUT2D eigenvalue weighted by molar-refractivity contribution is -0.0551. The van der Waals surface area contributed by atoms with E-state index in [4.69, 9.17) is 9.26 Å². The third kappa shape index (κ3) is 5.46. The lowest BCUT2D eigenvalue weighted by atomic mass is 9.93. The van der Waals surface area contributed by atoms with Crippen LogP contribution in [0.25, 0.3) is 0 Å². The second kappa shape index (κ2) is 8.80. The molecule has 1 aromatic rings. The number of nitrogens with one attached hydrogen (secondary N) is 1. The summed E-state index contributed by atoms with van der Waals surface area (Å²) in [6.07, 6.45) is 0.252. The molecule has 28 heavy (non-hydrogen) atoms. The Morgan fingerprint density at radius 2 is 1.96 bits per heavy atom. The van der Waals surface area contributed by atoms with E-state index in [0.29, 0.717) is 24.9 Å². The predicted molar refractivity (Wildman–Crippen MR) is 109 cm³/mol. The van der Waals surface area contributed by atoms with Gasteiger partial charge in [0.25, 0.3) is 0 Å². The quantitative estimate of drug-likeness (QED) is 0.846. The van der Waals surface area contributed by atoms with Crippen molar-refractivity contribution in [3.8, 4) is 0 Å². The molecule has 2 amide bonds. The highest BCUT2D eigenvalue weighted by Gasteiger charge is 2.28. The van der Waals surface area contributed by atoms with Crippen LogP contribution in [0.4, 0.5) is 10.6 Å². The summed E-state index contributed by atoms with van der Waals surface area (Å²) in [5.41, 5.74) is -0.131. The van der Waals surface area contributed by atoms with E-state index in [1.54, 1.807) is 6.07 Å². The summed E-state index contributed by atoms with van der Waals surface area (Å²) >= 11 is 0. The molecule has 0 saturated carbocycles. The zero-order chi connectivity index (χ0) is 20.3. The number of hydrogen-bond donors (Lipinski definition) is 1. The van der Waals surface area contributed by atoms with E-state index in [0.717, 1.165) is 45.1 Å². The maximum Gasteiger partial charge on any atom is 0.323 e. The Bertz CT molecular complexity index is 647. The first kappa shape index (κ1) is 21.1. The molecule has 1 N–H and O–H groups in total. The van der Waals surface area contributed by atoms with Gasteiger partial charge in [-0.1, -0.05) is 25.9 Å². The minimum Gasteiger partial charge on any atom is -0.374 e. The van der Waals surface area contributed by atoms with Crippen molar-refractivity contribution in [2.24, 2.45) is 0 Å². The lowest BCUT2D eigenvalue weighted by Crippen LogP contribution is -2.54. The number of carbonyl (C=O) groups is 1. The molecule has 8 nitrogen and oxygen atoms in total. The molecule has 2 aliphatic rings. The zero-order valence-corrected chi connectivity index (χ0v) is 17.9. The van der Waals surface area contributed by atoms with E-state index in [9.17, 15) is 4.79 Å². The molecule has 3 heterocycles. The van der Waals surface area contributed by atoms with Crippen molar-refractivity contribution in [2.75, 3.05) is 57.7 Å². The number of morpholine rings is 1. The summed E-state index contributed by atoms with van der Waals surface area (Å²) in [6, 6.07) is 2.24. The number of urea groups is 1. The van der Waals surface area contributed by atoms with Crippen molar-refractivity contribution >= 4 is 11.8 Å². The topological polar surface area (TPSA) is 74.1 Å². The molecule has 1 atom stereocenters. The Morgan fingerprint density at radius 3 is 2.57 bits per heavy atom. The summed E-state index contributed by atoms with van der Waals surface area (Å²) in [5.74, 6) is 1.23. The van der Waals surface area contributed by atoms with Gasteiger partial charge in [-0.2, -0.15) is 0 Å². The molecular formula is C20H35N5O3. The number of nitrogens with zero attached hydrogens (tertiary/aromatic N) is 4. The minimum atomic E-state index is -0.131. The van der Waals surface area contributed by atoms with Gasteiger partial charge in [-0.05, 0) is 13.8 Å². The molecule has 8 heteroatoms. The van der Waals surface area contributed by atoms with E-state index < -0.39 is 0 Å². The van der Waals surface area contributed by atoms with E-state index in [1.807, 2.05) is 4.90 Å². The monoisotopic (exact) mass is 393 g/mol. The molecule has 0 aromatic carbocycles. The molecule has 2 aliphatic heterocycles. The molecule has 2 fully saturated rings. The number of hydrogen-bond acceptors (Lipinski definition) is 6. The average Bonchev–Trinajstić information content (AvgIpc) is 3.11. The van der Waals surface area contributed by atoms with Gasteiger partial charge in [0, 0.05) is 63.3 Å².